The summed E-state index contributed by atoms with van der Waals surface area (Å²) in [7, 11) is 1.25. The number of rotatable bonds is 15. The van der Waals surface area contributed by atoms with Crippen LogP contribution in [-0.2, 0) is 80.6 Å². The Bertz CT molecular complexity index is 2170. The van der Waals surface area contributed by atoms with E-state index in [-0.39, 0.29) is 12.8 Å². The first-order valence-electron chi connectivity index (χ1n) is 29.1. The van der Waals surface area contributed by atoms with Crippen molar-refractivity contribution in [2.75, 3.05) is 53.3 Å². The highest BCUT2D eigenvalue weighted by Crippen LogP contribution is 2.39. The van der Waals surface area contributed by atoms with Crippen molar-refractivity contribution in [2.24, 2.45) is 0 Å². The van der Waals surface area contributed by atoms with Gasteiger partial charge in [-0.1, -0.05) is 12.8 Å². The second-order valence-corrected chi connectivity index (χ2v) is 22.8. The monoisotopic (exact) mass is 1300 g/mol. The number of carbonyl (C=O) groups is 2. The maximum atomic E-state index is 13.2. The summed E-state index contributed by atoms with van der Waals surface area (Å²) in [5, 5.41) is 226. The molecule has 21 rings (SSSR count). The molecule has 0 spiro atoms. The molecule has 21 saturated heterocycles. The summed E-state index contributed by atoms with van der Waals surface area (Å²) in [6.07, 6.45) is -69.3. The van der Waals surface area contributed by atoms with Gasteiger partial charge in [-0.2, -0.15) is 0 Å². The third-order valence-electron chi connectivity index (χ3n) is 16.9. The zero-order chi connectivity index (χ0) is 64.9. The molecule has 14 bridgehead atoms. The average molecular weight is 1300 g/mol. The molecule has 21 aliphatic heterocycles. The predicted molar refractivity (Wildman–Crippen MR) is 274 cm³/mol. The molecule has 89 heavy (non-hydrogen) atoms. The van der Waals surface area contributed by atoms with Gasteiger partial charge in [0.1, 0.15) is 171 Å². The maximum absolute atomic E-state index is 13.2. The molecule has 0 saturated carbocycles. The van der Waals surface area contributed by atoms with E-state index in [1.165, 1.54) is 7.11 Å². The summed E-state index contributed by atoms with van der Waals surface area (Å²) in [5.41, 5.74) is 0. The highest BCUT2D eigenvalue weighted by atomic mass is 16.8. The van der Waals surface area contributed by atoms with Crippen molar-refractivity contribution in [2.45, 2.75) is 253 Å². The van der Waals surface area contributed by atoms with E-state index in [9.17, 15) is 112 Å². The van der Waals surface area contributed by atoms with Crippen LogP contribution in [0.2, 0.25) is 0 Å². The third kappa shape index (κ3) is 16.0. The molecule has 21 aliphatic rings. The van der Waals surface area contributed by atoms with Gasteiger partial charge in [-0.05, 0) is 12.8 Å². The fourth-order valence-electron chi connectivity index (χ4n) is 11.7. The van der Waals surface area contributed by atoms with Gasteiger partial charge in [-0.3, -0.25) is 9.59 Å². The van der Waals surface area contributed by atoms with Crippen LogP contribution >= 0.6 is 0 Å². The number of aliphatic hydroxyl groups excluding tert-OH is 20. The summed E-state index contributed by atoms with van der Waals surface area (Å²) >= 11 is 0. The number of hydrogen-bond donors (Lipinski definition) is 21. The number of methoxy groups -OCH3 is 1. The lowest BCUT2D eigenvalue weighted by Gasteiger charge is -2.50. The van der Waals surface area contributed by atoms with Crippen molar-refractivity contribution < 1.29 is 183 Å². The molecule has 0 unspecified atom stereocenters. The van der Waals surface area contributed by atoms with Crippen LogP contribution in [0.5, 0.6) is 0 Å². The van der Waals surface area contributed by atoms with Crippen LogP contribution in [0, 0.1) is 0 Å². The van der Waals surface area contributed by atoms with Crippen molar-refractivity contribution in [1.82, 2.24) is 5.32 Å². The molecule has 38 nitrogen and oxygen atoms in total. The normalized spacial score (nSPS) is 49.3. The van der Waals surface area contributed by atoms with Crippen LogP contribution in [0.15, 0.2) is 0 Å². The van der Waals surface area contributed by atoms with Crippen LogP contribution in [0.25, 0.3) is 0 Å². The zero-order valence-electron chi connectivity index (χ0n) is 47.8. The SMILES string of the molecule is COC(=O)CCCCCCC(=O)NC[C@H]1O[C@@H]2O[C@H]3[C@H](O)[C@@H](O)[C@@H](O[C@H]4[C@H](O)[C@@H](O)[C@@H](O[C@H]5[C@H](O)[C@@H](O)[C@@H](O[C@H]6[C@H](O)[C@@H](O)[C@@H](O[C@H]7[C@H](O)[C@@H](O)[C@@H](O[C@H]8[C@H](O)[C@@H](O)[C@@H](O[C@H]1[C@H](O)[C@H]2O)O[C@@H]8CO)O[C@@H]7CO)O[C@@H]6CO)O[C@@H]5CO)O[C@@H]4CO)O[C@@H]3CO. The highest BCUT2D eigenvalue weighted by molar-refractivity contribution is 5.75. The lowest BCUT2D eigenvalue weighted by atomic mass is 9.95. The summed E-state index contributed by atoms with van der Waals surface area (Å²) in [6.45, 7) is -7.01. The smallest absolute Gasteiger partial charge is 0.305 e. The van der Waals surface area contributed by atoms with E-state index in [0.29, 0.717) is 25.7 Å². The van der Waals surface area contributed by atoms with Gasteiger partial charge in [-0.25, -0.2) is 0 Å². The minimum absolute atomic E-state index is 0.0812. The Labute approximate surface area is 505 Å². The Morgan fingerprint density at radius 2 is 0.494 bits per heavy atom. The molecule has 516 valence electrons. The number of carbonyl (C=O) groups excluding carboxylic acids is 2. The standard InChI is InChI=1S/C51H85NO37/c1-75-23(60)7-5-3-2-4-6-22(59)52-8-15-38-24(61)31(68)45(76-15)84-39-16(9-53)78-47(33(70)26(39)63)86-41-18(11-55)80-49(35(72)28(41)65)88-43-20(13-57)82-51(37(74)30(43)67)89-44-21(14-58)81-50(36(73)29(44)66)87-42-19(12-56)79-48(34(71)27(42)64)85-40-17(10-54)77-46(83-38)32(69)25(40)62/h15-21,24-51,53-58,61-74H,2-14H2,1H3,(H,52,59)/t15-,16-,17-,18-,19-,20-,21-,24-,25-,26-,27-,28-,29-,30-,31-,32-,33-,34-,35-,36-,37-,38-,39-,40-,41-,42-,43-,44-,45-,46-,47-,48-,49-,50-,51-/m1/s1. The molecule has 21 heterocycles. The van der Waals surface area contributed by atoms with E-state index in [1.807, 2.05) is 0 Å². The molecule has 0 aromatic carbocycles. The summed E-state index contributed by atoms with van der Waals surface area (Å²) < 4.78 is 85.6. The summed E-state index contributed by atoms with van der Waals surface area (Å²) in [6, 6.07) is 0. The van der Waals surface area contributed by atoms with Gasteiger partial charge in [0.15, 0.2) is 44.0 Å². The number of aliphatic hydroxyl groups is 20. The summed E-state index contributed by atoms with van der Waals surface area (Å²) in [4.78, 5) is 24.7. The van der Waals surface area contributed by atoms with Gasteiger partial charge in [0.05, 0.1) is 46.8 Å². The van der Waals surface area contributed by atoms with E-state index in [0.717, 1.165) is 0 Å². The molecule has 38 heteroatoms. The molecular formula is C51H85NO37. The van der Waals surface area contributed by atoms with Crippen LogP contribution in [0.4, 0.5) is 0 Å². The molecule has 21 fully saturated rings. The van der Waals surface area contributed by atoms with E-state index >= 15 is 0 Å². The number of ether oxygens (including phenoxy) is 15. The quantitative estimate of drug-likeness (QED) is 0.0535. The van der Waals surface area contributed by atoms with Gasteiger partial charge >= 0.3 is 5.97 Å². The van der Waals surface area contributed by atoms with Crippen molar-refractivity contribution in [3.05, 3.63) is 0 Å². The molecule has 0 radical (unpaired) electrons. The fourth-order valence-corrected chi connectivity index (χ4v) is 11.7. The number of nitrogens with one attached hydrogen (secondary N) is 1. The minimum Gasteiger partial charge on any atom is -0.469 e. The molecule has 0 aromatic heterocycles. The van der Waals surface area contributed by atoms with Crippen molar-refractivity contribution in [3.8, 4) is 0 Å². The lowest BCUT2D eigenvalue weighted by Crippen LogP contribution is -2.68. The summed E-state index contributed by atoms with van der Waals surface area (Å²) in [5.74, 6) is -0.999. The minimum atomic E-state index is -2.25. The molecule has 1 amide bonds. The predicted octanol–water partition coefficient (Wildman–Crippen LogP) is -13.6. The average Bonchev–Trinajstić information content (AvgIpc) is 1.08. The highest BCUT2D eigenvalue weighted by Gasteiger charge is 2.59. The van der Waals surface area contributed by atoms with Crippen LogP contribution in [0.3, 0.4) is 0 Å². The van der Waals surface area contributed by atoms with Crippen LogP contribution in [0.1, 0.15) is 38.5 Å². The first kappa shape index (κ1) is 72.4. The molecular weight excluding hydrogens is 1220 g/mol. The van der Waals surface area contributed by atoms with Crippen LogP contribution in [-0.4, -0.2) is 382 Å². The first-order valence-corrected chi connectivity index (χ1v) is 29.1. The van der Waals surface area contributed by atoms with Gasteiger partial charge in [0.25, 0.3) is 0 Å². The Balaban J connectivity index is 1.08. The number of hydrogen-bond acceptors (Lipinski definition) is 37. The van der Waals surface area contributed by atoms with Crippen molar-refractivity contribution in [3.63, 3.8) is 0 Å². The van der Waals surface area contributed by atoms with Gasteiger partial charge in [0, 0.05) is 19.4 Å². The molecule has 21 N–H and O–H groups in total. The molecule has 0 aromatic rings. The lowest BCUT2D eigenvalue weighted by molar-refractivity contribution is -0.396. The first-order chi connectivity index (χ1) is 42.4. The largest absolute Gasteiger partial charge is 0.469 e. The zero-order valence-corrected chi connectivity index (χ0v) is 47.8. The van der Waals surface area contributed by atoms with Crippen LogP contribution < -0.4 is 5.32 Å². The molecule has 35 atom stereocenters. The number of esters is 1. The van der Waals surface area contributed by atoms with E-state index < -0.39 is 273 Å². The maximum Gasteiger partial charge on any atom is 0.305 e. The molecule has 0 aliphatic carbocycles. The Morgan fingerprint density at radius 1 is 0.292 bits per heavy atom. The fraction of sp³-hybridized carbons (Fsp3) is 0.961. The Hall–Kier alpha value is -2.42. The van der Waals surface area contributed by atoms with E-state index in [1.54, 1.807) is 0 Å². The topological polar surface area (TPSA) is 589 Å². The number of amides is 1. The van der Waals surface area contributed by atoms with Crippen molar-refractivity contribution in [1.29, 1.82) is 0 Å². The van der Waals surface area contributed by atoms with Gasteiger partial charge in [-0.15, -0.1) is 0 Å². The van der Waals surface area contributed by atoms with Crippen molar-refractivity contribution >= 4 is 11.9 Å². The number of unbranched alkanes of at least 4 members (excludes halogenated alkanes) is 3. The van der Waals surface area contributed by atoms with Gasteiger partial charge in [0.2, 0.25) is 5.91 Å². The third-order valence-corrected chi connectivity index (χ3v) is 16.9. The van der Waals surface area contributed by atoms with E-state index in [2.05, 4.69) is 10.1 Å². The van der Waals surface area contributed by atoms with Gasteiger partial charge < -0.3 is 179 Å². The van der Waals surface area contributed by atoms with E-state index in [4.69, 9.17) is 66.3 Å². The Kier molecular flexibility index (Phi) is 26.3. The second-order valence-electron chi connectivity index (χ2n) is 22.8. The second kappa shape index (κ2) is 32.3. The Morgan fingerprint density at radius 3 is 0.708 bits per heavy atom.